The van der Waals surface area contributed by atoms with Crippen molar-refractivity contribution in [1.29, 1.82) is 0 Å². The molecule has 1 aliphatic rings. The summed E-state index contributed by atoms with van der Waals surface area (Å²) in [7, 11) is 0. The van der Waals surface area contributed by atoms with Crippen LogP contribution in [0.4, 0.5) is 0 Å². The van der Waals surface area contributed by atoms with Crippen LogP contribution in [0.2, 0.25) is 0 Å². The fourth-order valence-electron chi connectivity index (χ4n) is 1.40. The minimum atomic E-state index is 0.215. The molecule has 0 radical (unpaired) electrons. The lowest BCUT2D eigenvalue weighted by molar-refractivity contribution is -0.124. The molecule has 0 heterocycles. The smallest absolute Gasteiger partial charge is 0.223 e. The van der Waals surface area contributed by atoms with Crippen LogP contribution in [0.3, 0.4) is 0 Å². The van der Waals surface area contributed by atoms with Crippen LogP contribution in [-0.4, -0.2) is 11.9 Å². The van der Waals surface area contributed by atoms with Gasteiger partial charge < -0.3 is 5.32 Å². The number of carbonyl (C=O) groups is 1. The Morgan fingerprint density at radius 1 is 1.46 bits per heavy atom. The molecule has 13 heavy (non-hydrogen) atoms. The molecule has 2 heteroatoms. The predicted molar refractivity (Wildman–Crippen MR) is 54.5 cm³/mol. The van der Waals surface area contributed by atoms with E-state index in [9.17, 15) is 4.79 Å². The summed E-state index contributed by atoms with van der Waals surface area (Å²) in [4.78, 5) is 11.5. The molecular formula is C11H21NO. The summed E-state index contributed by atoms with van der Waals surface area (Å²) >= 11 is 0. The van der Waals surface area contributed by atoms with E-state index < -0.39 is 0 Å². The molecule has 0 aromatic heterocycles. The van der Waals surface area contributed by atoms with Crippen molar-refractivity contribution in [2.75, 3.05) is 0 Å². The molecule has 1 amide bonds. The molecule has 1 rings (SSSR count). The molecule has 0 spiro atoms. The van der Waals surface area contributed by atoms with E-state index in [1.54, 1.807) is 0 Å². The highest BCUT2D eigenvalue weighted by molar-refractivity contribution is 5.78. The Kier molecular flexibility index (Phi) is 4.26. The van der Waals surface area contributed by atoms with Gasteiger partial charge in [0.15, 0.2) is 0 Å². The second kappa shape index (κ2) is 5.25. The van der Waals surface area contributed by atoms with Gasteiger partial charge in [-0.2, -0.15) is 0 Å². The summed E-state index contributed by atoms with van der Waals surface area (Å²) in [5.41, 5.74) is 0. The minimum Gasteiger partial charge on any atom is -0.353 e. The number of hydrogen-bond acceptors (Lipinski definition) is 1. The van der Waals surface area contributed by atoms with E-state index in [1.807, 2.05) is 6.92 Å². The molecular weight excluding hydrogens is 162 g/mol. The van der Waals surface area contributed by atoms with Crippen LogP contribution in [0, 0.1) is 5.92 Å². The molecule has 1 fully saturated rings. The van der Waals surface area contributed by atoms with Crippen molar-refractivity contribution < 1.29 is 4.79 Å². The topological polar surface area (TPSA) is 29.1 Å². The highest BCUT2D eigenvalue weighted by atomic mass is 16.1. The SMILES string of the molecule is CCCCC[C@H](C)C(=O)NC1CC1. The zero-order chi connectivity index (χ0) is 9.68. The minimum absolute atomic E-state index is 0.215. The van der Waals surface area contributed by atoms with E-state index in [-0.39, 0.29) is 11.8 Å². The van der Waals surface area contributed by atoms with E-state index in [2.05, 4.69) is 12.2 Å². The first-order valence-corrected chi connectivity index (χ1v) is 5.54. The van der Waals surface area contributed by atoms with Crippen molar-refractivity contribution in [3.8, 4) is 0 Å². The first-order valence-electron chi connectivity index (χ1n) is 5.54. The number of rotatable bonds is 6. The quantitative estimate of drug-likeness (QED) is 0.630. The molecule has 1 saturated carbocycles. The number of amides is 1. The lowest BCUT2D eigenvalue weighted by atomic mass is 10.0. The molecule has 1 aliphatic carbocycles. The first-order chi connectivity index (χ1) is 6.24. The summed E-state index contributed by atoms with van der Waals surface area (Å²) in [5, 5.41) is 3.04. The average Bonchev–Trinajstić information content (AvgIpc) is 2.88. The van der Waals surface area contributed by atoms with E-state index in [0.717, 1.165) is 6.42 Å². The zero-order valence-corrected chi connectivity index (χ0v) is 8.81. The van der Waals surface area contributed by atoms with Crippen LogP contribution < -0.4 is 5.32 Å². The van der Waals surface area contributed by atoms with E-state index in [4.69, 9.17) is 0 Å². The Morgan fingerprint density at radius 3 is 2.69 bits per heavy atom. The molecule has 2 nitrogen and oxygen atoms in total. The van der Waals surface area contributed by atoms with Gasteiger partial charge in [-0.25, -0.2) is 0 Å². The monoisotopic (exact) mass is 183 g/mol. The Morgan fingerprint density at radius 2 is 2.15 bits per heavy atom. The number of carbonyl (C=O) groups excluding carboxylic acids is 1. The lowest BCUT2D eigenvalue weighted by Crippen LogP contribution is -2.30. The van der Waals surface area contributed by atoms with E-state index >= 15 is 0 Å². The van der Waals surface area contributed by atoms with Gasteiger partial charge in [-0.1, -0.05) is 33.1 Å². The van der Waals surface area contributed by atoms with E-state index in [1.165, 1.54) is 32.1 Å². The fraction of sp³-hybridized carbons (Fsp3) is 0.909. The van der Waals surface area contributed by atoms with Crippen molar-refractivity contribution in [3.63, 3.8) is 0 Å². The Hall–Kier alpha value is -0.530. The van der Waals surface area contributed by atoms with Gasteiger partial charge in [0.25, 0.3) is 0 Å². The molecule has 76 valence electrons. The summed E-state index contributed by atoms with van der Waals surface area (Å²) in [6.45, 7) is 4.22. The van der Waals surface area contributed by atoms with Crippen molar-refractivity contribution in [2.24, 2.45) is 5.92 Å². The highest BCUT2D eigenvalue weighted by Gasteiger charge is 2.25. The number of unbranched alkanes of at least 4 members (excludes halogenated alkanes) is 2. The molecule has 0 aromatic rings. The third-order valence-corrected chi connectivity index (χ3v) is 2.61. The number of hydrogen-bond donors (Lipinski definition) is 1. The largest absolute Gasteiger partial charge is 0.353 e. The molecule has 0 aliphatic heterocycles. The van der Waals surface area contributed by atoms with Crippen molar-refractivity contribution >= 4 is 5.91 Å². The van der Waals surface area contributed by atoms with Gasteiger partial charge >= 0.3 is 0 Å². The summed E-state index contributed by atoms with van der Waals surface area (Å²) in [6.07, 6.45) is 7.10. The third kappa shape index (κ3) is 4.30. The molecule has 0 bridgehead atoms. The van der Waals surface area contributed by atoms with Crippen molar-refractivity contribution in [1.82, 2.24) is 5.32 Å². The van der Waals surface area contributed by atoms with Crippen LogP contribution in [0.15, 0.2) is 0 Å². The maximum absolute atomic E-state index is 11.5. The van der Waals surface area contributed by atoms with Crippen molar-refractivity contribution in [2.45, 2.75) is 58.4 Å². The first kappa shape index (κ1) is 10.6. The normalized spacial score (nSPS) is 18.3. The fourth-order valence-corrected chi connectivity index (χ4v) is 1.40. The van der Waals surface area contributed by atoms with Gasteiger partial charge in [0.1, 0.15) is 0 Å². The molecule has 0 saturated heterocycles. The Labute approximate surface area is 81.1 Å². The Balaban J connectivity index is 2.05. The van der Waals surface area contributed by atoms with Crippen LogP contribution in [0.1, 0.15) is 52.4 Å². The van der Waals surface area contributed by atoms with Gasteiger partial charge in [0, 0.05) is 12.0 Å². The van der Waals surface area contributed by atoms with Gasteiger partial charge in [-0.15, -0.1) is 0 Å². The maximum Gasteiger partial charge on any atom is 0.223 e. The summed E-state index contributed by atoms with van der Waals surface area (Å²) in [6, 6.07) is 0.515. The van der Waals surface area contributed by atoms with Crippen LogP contribution in [-0.2, 0) is 4.79 Å². The van der Waals surface area contributed by atoms with Crippen LogP contribution in [0.5, 0.6) is 0 Å². The van der Waals surface area contributed by atoms with Crippen LogP contribution in [0.25, 0.3) is 0 Å². The zero-order valence-electron chi connectivity index (χ0n) is 8.81. The molecule has 1 atom stereocenters. The average molecular weight is 183 g/mol. The van der Waals surface area contributed by atoms with Gasteiger partial charge in [0.2, 0.25) is 5.91 Å². The molecule has 0 unspecified atom stereocenters. The third-order valence-electron chi connectivity index (χ3n) is 2.61. The predicted octanol–water partition coefficient (Wildman–Crippen LogP) is 2.48. The van der Waals surface area contributed by atoms with Gasteiger partial charge in [-0.3, -0.25) is 4.79 Å². The van der Waals surface area contributed by atoms with Crippen LogP contribution >= 0.6 is 0 Å². The number of nitrogens with one attached hydrogen (secondary N) is 1. The molecule has 1 N–H and O–H groups in total. The molecule has 0 aromatic carbocycles. The maximum atomic E-state index is 11.5. The lowest BCUT2D eigenvalue weighted by Gasteiger charge is -2.10. The van der Waals surface area contributed by atoms with Gasteiger partial charge in [-0.05, 0) is 19.3 Å². The summed E-state index contributed by atoms with van der Waals surface area (Å²) < 4.78 is 0. The highest BCUT2D eigenvalue weighted by Crippen LogP contribution is 2.20. The standard InChI is InChI=1S/C11H21NO/c1-3-4-5-6-9(2)11(13)12-10-7-8-10/h9-10H,3-8H2,1-2H3,(H,12,13)/t9-/m0/s1. The van der Waals surface area contributed by atoms with E-state index in [0.29, 0.717) is 6.04 Å². The second-order valence-corrected chi connectivity index (χ2v) is 4.18. The second-order valence-electron chi connectivity index (χ2n) is 4.18. The van der Waals surface area contributed by atoms with Gasteiger partial charge in [0.05, 0.1) is 0 Å². The van der Waals surface area contributed by atoms with Crippen molar-refractivity contribution in [3.05, 3.63) is 0 Å². The summed E-state index contributed by atoms with van der Waals surface area (Å²) in [5.74, 6) is 0.478. The Bertz CT molecular complexity index is 163.